The van der Waals surface area contributed by atoms with E-state index in [9.17, 15) is 9.59 Å². The molecule has 2 heterocycles. The standard InChI is InChI=1S/C19H17ClN2O4S/c1-2-3-8-25-18(24)13-9-11(4-6-14(13)20)16-7-5-12(26-16)10-15-17(23)22-19(27)21-15/h4-7,9H,2-3,8,10H2,1H3,(H,22,23,27). The monoisotopic (exact) mass is 404 g/mol. The Kier molecular flexibility index (Phi) is 6.03. The van der Waals surface area contributed by atoms with Crippen LogP contribution in [0.5, 0.6) is 0 Å². The van der Waals surface area contributed by atoms with Gasteiger partial charge >= 0.3 is 5.97 Å². The number of unbranched alkanes of at least 4 members (excludes halogenated alkanes) is 1. The number of esters is 1. The summed E-state index contributed by atoms with van der Waals surface area (Å²) in [6.07, 6.45) is 1.96. The average molecular weight is 405 g/mol. The normalized spacial score (nSPS) is 13.5. The molecular formula is C19H17ClN2O4S. The number of rotatable bonds is 7. The molecule has 27 heavy (non-hydrogen) atoms. The van der Waals surface area contributed by atoms with E-state index in [4.69, 9.17) is 33.0 Å². The van der Waals surface area contributed by atoms with Gasteiger partial charge in [0.05, 0.1) is 23.6 Å². The van der Waals surface area contributed by atoms with Crippen LogP contribution in [0.15, 0.2) is 39.7 Å². The molecule has 0 bridgehead atoms. The number of nitrogens with zero attached hydrogens (tertiary/aromatic N) is 1. The summed E-state index contributed by atoms with van der Waals surface area (Å²) in [6.45, 7) is 2.37. The van der Waals surface area contributed by atoms with Crippen molar-refractivity contribution in [1.29, 1.82) is 0 Å². The highest BCUT2D eigenvalue weighted by atomic mass is 35.5. The first-order chi connectivity index (χ1) is 13.0. The molecular weight excluding hydrogens is 388 g/mol. The van der Waals surface area contributed by atoms with Gasteiger partial charge in [-0.3, -0.25) is 10.1 Å². The number of furan rings is 1. The second-order valence-electron chi connectivity index (χ2n) is 5.94. The molecule has 1 aliphatic rings. The average Bonchev–Trinajstić information content (AvgIpc) is 3.22. The number of ether oxygens (including phenoxy) is 1. The maximum atomic E-state index is 12.2. The second kappa shape index (κ2) is 8.45. The van der Waals surface area contributed by atoms with Crippen LogP contribution in [0, 0.1) is 0 Å². The zero-order valence-electron chi connectivity index (χ0n) is 14.6. The molecule has 1 aromatic heterocycles. The first-order valence-electron chi connectivity index (χ1n) is 8.46. The summed E-state index contributed by atoms with van der Waals surface area (Å²) < 4.78 is 11.0. The van der Waals surface area contributed by atoms with E-state index in [0.29, 0.717) is 34.4 Å². The Labute approximate surface area is 166 Å². The first-order valence-corrected chi connectivity index (χ1v) is 9.25. The minimum absolute atomic E-state index is 0.158. The Hall–Kier alpha value is -2.51. The van der Waals surface area contributed by atoms with Gasteiger partial charge in [-0.05, 0) is 49.0 Å². The van der Waals surface area contributed by atoms with Gasteiger partial charge in [0.1, 0.15) is 17.2 Å². The van der Waals surface area contributed by atoms with Crippen LogP contribution in [0.3, 0.4) is 0 Å². The zero-order chi connectivity index (χ0) is 19.4. The lowest BCUT2D eigenvalue weighted by Crippen LogP contribution is -2.25. The fraction of sp³-hybridized carbons (Fsp3) is 0.263. The predicted octanol–water partition coefficient (Wildman–Crippen LogP) is 3.96. The van der Waals surface area contributed by atoms with E-state index in [1.807, 2.05) is 6.92 Å². The number of hydrogen-bond donors (Lipinski definition) is 1. The van der Waals surface area contributed by atoms with E-state index in [1.165, 1.54) is 0 Å². The van der Waals surface area contributed by atoms with E-state index >= 15 is 0 Å². The van der Waals surface area contributed by atoms with Crippen LogP contribution in [0.2, 0.25) is 5.02 Å². The van der Waals surface area contributed by atoms with Gasteiger partial charge in [0.15, 0.2) is 5.11 Å². The van der Waals surface area contributed by atoms with Gasteiger partial charge in [0.2, 0.25) is 0 Å². The Morgan fingerprint density at radius 3 is 2.85 bits per heavy atom. The molecule has 0 atom stereocenters. The fourth-order valence-electron chi connectivity index (χ4n) is 2.51. The van der Waals surface area contributed by atoms with Crippen molar-refractivity contribution >= 4 is 46.5 Å². The molecule has 6 nitrogen and oxygen atoms in total. The molecule has 0 unspecified atom stereocenters. The van der Waals surface area contributed by atoms with Crippen molar-refractivity contribution < 1.29 is 18.7 Å². The maximum absolute atomic E-state index is 12.2. The molecule has 0 aliphatic carbocycles. The van der Waals surface area contributed by atoms with Crippen LogP contribution in [0.1, 0.15) is 35.9 Å². The summed E-state index contributed by atoms with van der Waals surface area (Å²) >= 11 is 11.0. The van der Waals surface area contributed by atoms with E-state index in [1.54, 1.807) is 30.3 Å². The van der Waals surface area contributed by atoms with Crippen molar-refractivity contribution in [2.24, 2.45) is 4.99 Å². The minimum Gasteiger partial charge on any atom is -0.462 e. The summed E-state index contributed by atoms with van der Waals surface area (Å²) in [4.78, 5) is 27.9. The Morgan fingerprint density at radius 2 is 2.15 bits per heavy atom. The summed E-state index contributed by atoms with van der Waals surface area (Å²) in [5, 5.41) is 2.93. The van der Waals surface area contributed by atoms with Crippen molar-refractivity contribution in [2.75, 3.05) is 6.61 Å². The Morgan fingerprint density at radius 1 is 1.33 bits per heavy atom. The lowest BCUT2D eigenvalue weighted by molar-refractivity contribution is -0.113. The van der Waals surface area contributed by atoms with Crippen molar-refractivity contribution in [3.63, 3.8) is 0 Å². The van der Waals surface area contributed by atoms with Crippen molar-refractivity contribution in [2.45, 2.75) is 26.2 Å². The van der Waals surface area contributed by atoms with Gasteiger partial charge in [0.25, 0.3) is 5.91 Å². The molecule has 140 valence electrons. The molecule has 0 spiro atoms. The molecule has 8 heteroatoms. The van der Waals surface area contributed by atoms with Crippen LogP contribution in [0.25, 0.3) is 11.3 Å². The first kappa shape index (κ1) is 19.3. The minimum atomic E-state index is -0.465. The van der Waals surface area contributed by atoms with Crippen molar-refractivity contribution in [1.82, 2.24) is 5.32 Å². The number of carbonyl (C=O) groups is 2. The number of thiocarbonyl (C=S) groups is 1. The molecule has 1 aliphatic heterocycles. The van der Waals surface area contributed by atoms with Crippen LogP contribution in [0.4, 0.5) is 0 Å². The smallest absolute Gasteiger partial charge is 0.339 e. The van der Waals surface area contributed by atoms with Crippen LogP contribution in [-0.2, 0) is 16.0 Å². The van der Waals surface area contributed by atoms with Gasteiger partial charge in [-0.2, -0.15) is 0 Å². The van der Waals surface area contributed by atoms with E-state index < -0.39 is 5.97 Å². The SMILES string of the molecule is CCCCOC(=O)c1cc(-c2ccc(CC3=NC(=S)NC3=O)o2)ccc1Cl. The lowest BCUT2D eigenvalue weighted by atomic mass is 10.1. The van der Waals surface area contributed by atoms with Gasteiger partial charge in [0, 0.05) is 5.56 Å². The lowest BCUT2D eigenvalue weighted by Gasteiger charge is -2.07. The van der Waals surface area contributed by atoms with Crippen molar-refractivity contribution in [3.8, 4) is 11.3 Å². The van der Waals surface area contributed by atoms with Crippen LogP contribution in [-0.4, -0.2) is 29.3 Å². The number of aliphatic imine (C=N–C) groups is 1. The number of amides is 1. The third kappa shape index (κ3) is 4.61. The topological polar surface area (TPSA) is 80.9 Å². The quantitative estimate of drug-likeness (QED) is 0.429. The second-order valence-corrected chi connectivity index (χ2v) is 6.74. The predicted molar refractivity (Wildman–Crippen MR) is 106 cm³/mol. The third-order valence-corrected chi connectivity index (χ3v) is 4.45. The van der Waals surface area contributed by atoms with E-state index in [2.05, 4.69) is 10.3 Å². The largest absolute Gasteiger partial charge is 0.462 e. The Balaban J connectivity index is 1.77. The van der Waals surface area contributed by atoms with Gasteiger partial charge in [-0.1, -0.05) is 24.9 Å². The highest BCUT2D eigenvalue weighted by molar-refractivity contribution is 7.80. The molecule has 0 saturated heterocycles. The van der Waals surface area contributed by atoms with Gasteiger partial charge < -0.3 is 9.15 Å². The highest BCUT2D eigenvalue weighted by Crippen LogP contribution is 2.28. The van der Waals surface area contributed by atoms with E-state index in [-0.39, 0.29) is 23.0 Å². The van der Waals surface area contributed by atoms with Crippen molar-refractivity contribution in [3.05, 3.63) is 46.7 Å². The van der Waals surface area contributed by atoms with Crippen LogP contribution < -0.4 is 5.32 Å². The molecule has 0 radical (unpaired) electrons. The Bertz CT molecular complexity index is 936. The molecule has 2 aromatic rings. The highest BCUT2D eigenvalue weighted by Gasteiger charge is 2.22. The summed E-state index contributed by atoms with van der Waals surface area (Å²) in [5.74, 6) is 0.325. The molecule has 0 fully saturated rings. The number of nitrogens with one attached hydrogen (secondary N) is 1. The third-order valence-electron chi connectivity index (χ3n) is 3.92. The summed E-state index contributed by atoms with van der Waals surface area (Å²) in [7, 11) is 0. The number of halogens is 1. The number of benzene rings is 1. The molecule has 1 amide bonds. The molecule has 1 N–H and O–H groups in total. The fourth-order valence-corrected chi connectivity index (χ4v) is 2.90. The number of hydrogen-bond acceptors (Lipinski definition) is 5. The summed E-state index contributed by atoms with van der Waals surface area (Å²) in [5.41, 5.74) is 1.27. The van der Waals surface area contributed by atoms with Crippen LogP contribution >= 0.6 is 23.8 Å². The van der Waals surface area contributed by atoms with Gasteiger partial charge in [-0.15, -0.1) is 0 Å². The van der Waals surface area contributed by atoms with Gasteiger partial charge in [-0.25, -0.2) is 9.79 Å². The molecule has 0 saturated carbocycles. The van der Waals surface area contributed by atoms with E-state index in [0.717, 1.165) is 12.8 Å². The number of carbonyl (C=O) groups excluding carboxylic acids is 2. The molecule has 1 aromatic carbocycles. The maximum Gasteiger partial charge on any atom is 0.339 e. The summed E-state index contributed by atoms with van der Waals surface area (Å²) in [6, 6.07) is 8.52. The molecule has 3 rings (SSSR count). The zero-order valence-corrected chi connectivity index (χ0v) is 16.2.